The van der Waals surface area contributed by atoms with Gasteiger partial charge in [-0.25, -0.2) is 0 Å². The molecule has 0 fully saturated rings. The van der Waals surface area contributed by atoms with E-state index in [9.17, 15) is 9.59 Å². The third kappa shape index (κ3) is 4.89. The maximum atomic E-state index is 12.6. The summed E-state index contributed by atoms with van der Waals surface area (Å²) in [6, 6.07) is 9.96. The molecule has 2 amide bonds. The van der Waals surface area contributed by atoms with E-state index in [1.165, 1.54) is 19.1 Å². The fourth-order valence-corrected chi connectivity index (χ4v) is 3.01. The number of hydrogen-bond acceptors (Lipinski definition) is 4. The van der Waals surface area contributed by atoms with Gasteiger partial charge in [-0.05, 0) is 46.3 Å². The van der Waals surface area contributed by atoms with Gasteiger partial charge in [0.2, 0.25) is 5.91 Å². The van der Waals surface area contributed by atoms with Crippen molar-refractivity contribution in [1.82, 2.24) is 4.90 Å². The Labute approximate surface area is 165 Å². The fourth-order valence-electron chi connectivity index (χ4n) is 2.27. The largest absolute Gasteiger partial charge is 0.495 e. The van der Waals surface area contributed by atoms with Gasteiger partial charge in [-0.1, -0.05) is 17.7 Å². The van der Waals surface area contributed by atoms with Crippen LogP contribution in [0.1, 0.15) is 10.4 Å². The first-order chi connectivity index (χ1) is 12.3. The van der Waals surface area contributed by atoms with Crippen molar-refractivity contribution in [3.8, 4) is 11.5 Å². The molecule has 6 nitrogen and oxygen atoms in total. The minimum atomic E-state index is -0.338. The average molecular weight is 442 g/mol. The summed E-state index contributed by atoms with van der Waals surface area (Å²) in [6.07, 6.45) is 0. The Morgan fingerprint density at radius 3 is 2.31 bits per heavy atom. The first-order valence-electron chi connectivity index (χ1n) is 7.58. The van der Waals surface area contributed by atoms with Crippen molar-refractivity contribution in [2.45, 2.75) is 0 Å². The number of carbonyl (C=O) groups is 2. The van der Waals surface area contributed by atoms with Gasteiger partial charge in [0.05, 0.1) is 20.8 Å². The monoisotopic (exact) mass is 440 g/mol. The number of methoxy groups -OCH3 is 2. The Kier molecular flexibility index (Phi) is 6.88. The minimum Gasteiger partial charge on any atom is -0.495 e. The number of anilines is 1. The van der Waals surface area contributed by atoms with Crippen molar-refractivity contribution in [3.63, 3.8) is 0 Å². The van der Waals surface area contributed by atoms with Gasteiger partial charge < -0.3 is 19.7 Å². The van der Waals surface area contributed by atoms with E-state index in [-0.39, 0.29) is 18.4 Å². The molecule has 0 aliphatic rings. The van der Waals surface area contributed by atoms with Crippen molar-refractivity contribution < 1.29 is 19.1 Å². The third-order valence-electron chi connectivity index (χ3n) is 3.53. The molecule has 0 aliphatic heterocycles. The predicted molar refractivity (Wildman–Crippen MR) is 104 cm³/mol. The van der Waals surface area contributed by atoms with Crippen molar-refractivity contribution in [3.05, 3.63) is 51.5 Å². The lowest BCUT2D eigenvalue weighted by Gasteiger charge is -2.18. The Morgan fingerprint density at radius 1 is 1.15 bits per heavy atom. The lowest BCUT2D eigenvalue weighted by atomic mass is 10.1. The number of benzene rings is 2. The van der Waals surface area contributed by atoms with Crippen molar-refractivity contribution >= 4 is 45.0 Å². The zero-order valence-electron chi connectivity index (χ0n) is 14.5. The number of amides is 2. The summed E-state index contributed by atoms with van der Waals surface area (Å²) in [4.78, 5) is 26.1. The molecule has 138 valence electrons. The van der Waals surface area contributed by atoms with E-state index in [0.29, 0.717) is 32.2 Å². The summed E-state index contributed by atoms with van der Waals surface area (Å²) in [7, 11) is 4.53. The molecule has 2 aromatic rings. The summed E-state index contributed by atoms with van der Waals surface area (Å²) in [6.45, 7) is -0.119. The van der Waals surface area contributed by atoms with Gasteiger partial charge in [-0.15, -0.1) is 0 Å². The first kappa shape index (κ1) is 20.1. The highest BCUT2D eigenvalue weighted by atomic mass is 79.9. The quantitative estimate of drug-likeness (QED) is 0.740. The molecule has 1 N–H and O–H groups in total. The topological polar surface area (TPSA) is 67.9 Å². The number of halogens is 2. The highest BCUT2D eigenvalue weighted by Gasteiger charge is 2.19. The summed E-state index contributed by atoms with van der Waals surface area (Å²) >= 11 is 9.25. The minimum absolute atomic E-state index is 0.119. The van der Waals surface area contributed by atoms with Crippen LogP contribution in [0, 0.1) is 0 Å². The van der Waals surface area contributed by atoms with Crippen LogP contribution in [0.15, 0.2) is 40.9 Å². The van der Waals surface area contributed by atoms with Gasteiger partial charge in [0, 0.05) is 23.3 Å². The van der Waals surface area contributed by atoms with Crippen LogP contribution in [0.25, 0.3) is 0 Å². The second-order valence-corrected chi connectivity index (χ2v) is 6.64. The normalized spacial score (nSPS) is 10.2. The van der Waals surface area contributed by atoms with Crippen LogP contribution in [-0.2, 0) is 4.79 Å². The maximum Gasteiger partial charge on any atom is 0.254 e. The van der Waals surface area contributed by atoms with Crippen molar-refractivity contribution in [2.75, 3.05) is 33.1 Å². The molecule has 0 saturated heterocycles. The van der Waals surface area contributed by atoms with Gasteiger partial charge in [0.15, 0.2) is 0 Å². The number of likely N-dealkylation sites (N-methyl/N-ethyl adjacent to an activating group) is 1. The van der Waals surface area contributed by atoms with Crippen LogP contribution < -0.4 is 14.8 Å². The van der Waals surface area contributed by atoms with E-state index in [0.717, 1.165) is 0 Å². The van der Waals surface area contributed by atoms with E-state index in [4.69, 9.17) is 21.1 Å². The average Bonchev–Trinajstić information content (AvgIpc) is 2.61. The second kappa shape index (κ2) is 8.91. The number of rotatable bonds is 6. The van der Waals surface area contributed by atoms with Crippen LogP contribution in [-0.4, -0.2) is 44.5 Å². The molecule has 0 radical (unpaired) electrons. The van der Waals surface area contributed by atoms with Crippen LogP contribution in [0.3, 0.4) is 0 Å². The highest BCUT2D eigenvalue weighted by Crippen LogP contribution is 2.35. The number of nitrogens with one attached hydrogen (secondary N) is 1. The molecular formula is C18H18BrClN2O4. The standard InChI is InChI=1S/C18H18BrClN2O4/c1-22(10-16(23)21-13-6-4-5-12(20)9-13)18(24)11-7-14(25-2)17(19)15(8-11)26-3/h4-9H,10H2,1-3H3,(H,21,23). The molecule has 0 bridgehead atoms. The van der Waals surface area contributed by atoms with Crippen molar-refractivity contribution in [2.24, 2.45) is 0 Å². The molecular weight excluding hydrogens is 424 g/mol. The Morgan fingerprint density at radius 2 is 1.77 bits per heavy atom. The number of nitrogens with zero attached hydrogens (tertiary/aromatic N) is 1. The summed E-state index contributed by atoms with van der Waals surface area (Å²) < 4.78 is 11.1. The van der Waals surface area contributed by atoms with E-state index in [1.54, 1.807) is 43.4 Å². The highest BCUT2D eigenvalue weighted by molar-refractivity contribution is 9.10. The predicted octanol–water partition coefficient (Wildman–Crippen LogP) is 3.83. The van der Waals surface area contributed by atoms with Crippen LogP contribution in [0.2, 0.25) is 5.02 Å². The van der Waals surface area contributed by atoms with Crippen LogP contribution in [0.5, 0.6) is 11.5 Å². The molecule has 0 unspecified atom stereocenters. The number of carbonyl (C=O) groups excluding carboxylic acids is 2. The summed E-state index contributed by atoms with van der Waals surface area (Å²) in [5.74, 6) is 0.253. The molecule has 0 heterocycles. The summed E-state index contributed by atoms with van der Waals surface area (Å²) in [5.41, 5.74) is 0.912. The van der Waals surface area contributed by atoms with Gasteiger partial charge in [0.1, 0.15) is 16.0 Å². The maximum absolute atomic E-state index is 12.6. The van der Waals surface area contributed by atoms with Gasteiger partial charge in [-0.2, -0.15) is 0 Å². The molecule has 0 aliphatic carbocycles. The van der Waals surface area contributed by atoms with Crippen molar-refractivity contribution in [1.29, 1.82) is 0 Å². The molecule has 0 spiro atoms. The summed E-state index contributed by atoms with van der Waals surface area (Å²) in [5, 5.41) is 3.22. The van der Waals surface area contributed by atoms with Crippen LogP contribution in [0.4, 0.5) is 5.69 Å². The second-order valence-electron chi connectivity index (χ2n) is 5.41. The molecule has 8 heteroatoms. The third-order valence-corrected chi connectivity index (χ3v) is 4.55. The van der Waals surface area contributed by atoms with E-state index >= 15 is 0 Å². The fraction of sp³-hybridized carbons (Fsp3) is 0.222. The van der Waals surface area contributed by atoms with Crippen LogP contribution >= 0.6 is 27.5 Å². The lowest BCUT2D eigenvalue weighted by Crippen LogP contribution is -2.35. The van der Waals surface area contributed by atoms with Gasteiger partial charge in [-0.3, -0.25) is 9.59 Å². The van der Waals surface area contributed by atoms with Gasteiger partial charge >= 0.3 is 0 Å². The Balaban J connectivity index is 2.10. The van der Waals surface area contributed by atoms with E-state index in [2.05, 4.69) is 21.2 Å². The zero-order chi connectivity index (χ0) is 19.3. The smallest absolute Gasteiger partial charge is 0.254 e. The van der Waals surface area contributed by atoms with E-state index in [1.807, 2.05) is 0 Å². The lowest BCUT2D eigenvalue weighted by molar-refractivity contribution is -0.116. The molecule has 2 rings (SSSR count). The number of ether oxygens (including phenoxy) is 2. The molecule has 0 aromatic heterocycles. The Hall–Kier alpha value is -2.25. The first-order valence-corrected chi connectivity index (χ1v) is 8.75. The molecule has 0 atom stereocenters. The SMILES string of the molecule is COc1cc(C(=O)N(C)CC(=O)Nc2cccc(Cl)c2)cc(OC)c1Br. The molecule has 0 saturated carbocycles. The van der Waals surface area contributed by atoms with Gasteiger partial charge in [0.25, 0.3) is 5.91 Å². The molecule has 26 heavy (non-hydrogen) atoms. The zero-order valence-corrected chi connectivity index (χ0v) is 16.8. The van der Waals surface area contributed by atoms with E-state index < -0.39 is 0 Å². The number of hydrogen-bond donors (Lipinski definition) is 1. The Bertz CT molecular complexity index is 804. The molecule has 2 aromatic carbocycles.